The van der Waals surface area contributed by atoms with Crippen LogP contribution in [0.2, 0.25) is 0 Å². The van der Waals surface area contributed by atoms with Gasteiger partial charge in [0.1, 0.15) is 11.1 Å². The zero-order chi connectivity index (χ0) is 87.6. The Bertz CT molecular complexity index is 9580. The lowest BCUT2D eigenvalue weighted by atomic mass is 10.0. The van der Waals surface area contributed by atoms with E-state index in [1.54, 1.807) is 0 Å². The number of nitrogens with zero attached hydrogens (tertiary/aromatic N) is 12. The van der Waals surface area contributed by atoms with Crippen LogP contribution in [0, 0.1) is 19.7 Å². The van der Waals surface area contributed by atoms with Gasteiger partial charge in [0.25, 0.3) is 0 Å². The lowest BCUT2D eigenvalue weighted by Crippen LogP contribution is -2.03. The Kier molecular flexibility index (Phi) is 18.1. The second-order valence-corrected chi connectivity index (χ2v) is 34.8. The van der Waals surface area contributed by atoms with Gasteiger partial charge in [0.05, 0.1) is 90.3 Å². The number of rotatable bonds is 9. The summed E-state index contributed by atoms with van der Waals surface area (Å²) in [5, 5.41) is 17.4. The summed E-state index contributed by atoms with van der Waals surface area (Å²) in [6.07, 6.45) is 0. The molecule has 0 aliphatic heterocycles. The second kappa shape index (κ2) is 31.3. The van der Waals surface area contributed by atoms with Gasteiger partial charge in [0, 0.05) is 113 Å². The van der Waals surface area contributed by atoms with Gasteiger partial charge in [-0.3, -0.25) is 9.13 Å². The van der Waals surface area contributed by atoms with Crippen molar-refractivity contribution in [1.29, 1.82) is 0 Å². The van der Waals surface area contributed by atoms with Crippen LogP contribution >= 0.6 is 22.7 Å². The Labute approximate surface area is 762 Å². The SMILES string of the molecule is [C-]#[N+]c1ccc(-c2ccc(-c3nc(-n4c5ccccc5c5ccc6c7ccccc7sc6c54)nc4ccccc34)cc2)cc1.[C-]#[N+]c1ccc(-c2nc(-c3ccc(-n4c5ccccc5c5ccc6c7ccccc7sc6c54)cc3)nc3ccccc23)cc1.[C-]#[N+]c1cccc(-c2ccc(-c3nc(-n4c5ccccc5c5ccc6c7ccccc7oc6c54)nc4ccccc34)cc2)c1. The van der Waals surface area contributed by atoms with Gasteiger partial charge in [-0.1, -0.05) is 309 Å². The summed E-state index contributed by atoms with van der Waals surface area (Å²) in [7, 11) is 0. The molecule has 0 saturated heterocycles. The summed E-state index contributed by atoms with van der Waals surface area (Å²) in [4.78, 5) is 41.6. The molecular weight excluding hydrogens is 1650 g/mol. The molecule has 18 aromatic carbocycles. The molecule has 27 rings (SSSR count). The minimum atomic E-state index is 0.590. The smallest absolute Gasteiger partial charge is 0.235 e. The number of hydrogen-bond donors (Lipinski definition) is 0. The van der Waals surface area contributed by atoms with Crippen molar-refractivity contribution in [3.05, 3.63) is 435 Å². The van der Waals surface area contributed by atoms with Gasteiger partial charge in [-0.2, -0.15) is 0 Å². The van der Waals surface area contributed by atoms with E-state index < -0.39 is 0 Å². The molecule has 9 heterocycles. The summed E-state index contributed by atoms with van der Waals surface area (Å²) in [6.45, 7) is 21.9. The predicted molar refractivity (Wildman–Crippen MR) is 546 cm³/mol. The van der Waals surface area contributed by atoms with Crippen LogP contribution in [-0.4, -0.2) is 43.6 Å². The molecule has 0 atom stereocenters. The van der Waals surface area contributed by atoms with Crippen LogP contribution in [0.4, 0.5) is 17.1 Å². The van der Waals surface area contributed by atoms with E-state index >= 15 is 0 Å². The summed E-state index contributed by atoms with van der Waals surface area (Å²) in [6, 6.07) is 137. The number of thiophene rings is 2. The zero-order valence-electron chi connectivity index (χ0n) is 70.2. The summed E-state index contributed by atoms with van der Waals surface area (Å²) >= 11 is 3.69. The molecule has 0 saturated carbocycles. The Balaban J connectivity index is 0.000000106. The highest BCUT2D eigenvalue weighted by atomic mass is 32.1. The largest absolute Gasteiger partial charge is 0.454 e. The van der Waals surface area contributed by atoms with Gasteiger partial charge in [-0.25, -0.2) is 44.4 Å². The van der Waals surface area contributed by atoms with Crippen LogP contribution in [-0.2, 0) is 0 Å². The summed E-state index contributed by atoms with van der Waals surface area (Å²) in [5.41, 5.74) is 24.7. The number of para-hydroxylation sites is 7. The Morgan fingerprint density at radius 2 is 0.598 bits per heavy atom. The van der Waals surface area contributed by atoms with Crippen molar-refractivity contribution >= 4 is 200 Å². The molecular formula is C117H66N12OS2. The standard InChI is InChI=1S/C39H22N4O.2C39H22N4S/c1-40-27-10-8-9-26(23-27)24-17-19-25(20-18-24)36-32-13-2-5-14-33(32)41-39(42-36)43-34-15-6-3-11-28(34)30-21-22-31-29-12-4-7-16-35(29)44-38(31)37(30)43;1-40-26-18-14-24(15-19-26)36-32-10-2-5-11-33(32)41-39(42-36)25-16-20-27(21-17-25)43-34-12-6-3-8-28(34)30-22-23-31-29-9-4-7-13-35(29)44-38(31)37(30)43;1-40-27-20-18-25(19-21-27)24-14-16-26(17-15-24)36-32-10-2-5-11-33(32)41-39(42-36)43-34-12-6-3-8-28(34)30-22-23-31-29-9-4-7-13-35(29)44-38(31)37(30)43/h3*2-23H. The first kappa shape index (κ1) is 76.5. The summed E-state index contributed by atoms with van der Waals surface area (Å²) in [5.74, 6) is 1.92. The lowest BCUT2D eigenvalue weighted by Gasteiger charge is -2.12. The number of furan rings is 1. The Morgan fingerprint density at radius 1 is 0.235 bits per heavy atom. The van der Waals surface area contributed by atoms with E-state index in [0.717, 1.165) is 155 Å². The van der Waals surface area contributed by atoms with Crippen LogP contribution in [0.15, 0.2) is 405 Å². The van der Waals surface area contributed by atoms with E-state index in [4.69, 9.17) is 54.0 Å². The van der Waals surface area contributed by atoms with Gasteiger partial charge in [0.15, 0.2) is 28.5 Å². The Morgan fingerprint density at radius 3 is 1.11 bits per heavy atom. The fourth-order valence-corrected chi connectivity index (χ4v) is 21.6. The highest BCUT2D eigenvalue weighted by Gasteiger charge is 2.26. The first-order valence-electron chi connectivity index (χ1n) is 43.4. The van der Waals surface area contributed by atoms with E-state index in [9.17, 15) is 0 Å². The minimum Gasteiger partial charge on any atom is -0.454 e. The van der Waals surface area contributed by atoms with E-state index in [-0.39, 0.29) is 0 Å². The van der Waals surface area contributed by atoms with E-state index in [0.29, 0.717) is 34.8 Å². The first-order chi connectivity index (χ1) is 65.3. The van der Waals surface area contributed by atoms with E-state index in [1.807, 2.05) is 162 Å². The molecule has 0 spiro atoms. The highest BCUT2D eigenvalue weighted by Crippen LogP contribution is 2.48. The maximum atomic E-state index is 7.38. The molecule has 0 aliphatic rings. The normalized spacial score (nSPS) is 11.6. The van der Waals surface area contributed by atoms with Crippen molar-refractivity contribution < 1.29 is 4.42 Å². The quantitative estimate of drug-likeness (QED) is 0.132. The van der Waals surface area contributed by atoms with Crippen LogP contribution in [0.3, 0.4) is 0 Å². The maximum Gasteiger partial charge on any atom is 0.235 e. The molecule has 0 radical (unpaired) electrons. The molecule has 13 nitrogen and oxygen atoms in total. The number of fused-ring (bicyclic) bond motifs is 24. The average molecular weight is 1720 g/mol. The third-order valence-electron chi connectivity index (χ3n) is 25.3. The first-order valence-corrected chi connectivity index (χ1v) is 45.0. The highest BCUT2D eigenvalue weighted by molar-refractivity contribution is 7.27. The van der Waals surface area contributed by atoms with Gasteiger partial charge >= 0.3 is 0 Å². The van der Waals surface area contributed by atoms with Gasteiger partial charge in [-0.05, 0) is 119 Å². The van der Waals surface area contributed by atoms with Crippen LogP contribution in [0.1, 0.15) is 0 Å². The fraction of sp³-hybridized carbons (Fsp3) is 0. The predicted octanol–water partition coefficient (Wildman–Crippen LogP) is 32.5. The third kappa shape index (κ3) is 12.7. The fourth-order valence-electron chi connectivity index (χ4n) is 19.1. The molecule has 15 heteroatoms. The molecule has 0 amide bonds. The molecule has 0 unspecified atom stereocenters. The summed E-state index contributed by atoms with van der Waals surface area (Å²) < 4.78 is 18.5. The van der Waals surface area contributed by atoms with E-state index in [1.165, 1.54) is 72.9 Å². The molecule has 0 bridgehead atoms. The minimum absolute atomic E-state index is 0.590. The topological polar surface area (TPSA) is 118 Å². The Hall–Kier alpha value is -17.9. The van der Waals surface area contributed by atoms with Crippen molar-refractivity contribution in [2.24, 2.45) is 0 Å². The van der Waals surface area contributed by atoms with Gasteiger partial charge in [-0.15, -0.1) is 22.7 Å². The molecule has 27 aromatic rings. The van der Waals surface area contributed by atoms with Crippen molar-refractivity contribution in [2.75, 3.05) is 0 Å². The third-order valence-corrected chi connectivity index (χ3v) is 27.7. The number of benzene rings is 18. The van der Waals surface area contributed by atoms with Crippen molar-refractivity contribution in [1.82, 2.24) is 43.6 Å². The average Bonchev–Trinajstić information content (AvgIpc) is 1.57. The lowest BCUT2D eigenvalue weighted by molar-refractivity contribution is 0.671. The molecule has 0 aliphatic carbocycles. The van der Waals surface area contributed by atoms with Crippen molar-refractivity contribution in [3.63, 3.8) is 0 Å². The molecule has 0 N–H and O–H groups in total. The van der Waals surface area contributed by atoms with Crippen LogP contribution < -0.4 is 0 Å². The molecule has 612 valence electrons. The molecule has 9 aromatic heterocycles. The van der Waals surface area contributed by atoms with Crippen LogP contribution in [0.5, 0.6) is 0 Å². The van der Waals surface area contributed by atoms with Crippen LogP contribution in [0.25, 0.3) is 260 Å². The van der Waals surface area contributed by atoms with Gasteiger partial charge in [0.2, 0.25) is 11.9 Å². The monoisotopic (exact) mass is 1720 g/mol. The number of aromatic nitrogens is 9. The maximum absolute atomic E-state index is 7.38. The zero-order valence-corrected chi connectivity index (χ0v) is 71.8. The number of hydrogen-bond acceptors (Lipinski definition) is 9. The van der Waals surface area contributed by atoms with Crippen molar-refractivity contribution in [2.45, 2.75) is 0 Å². The molecule has 0 fully saturated rings. The van der Waals surface area contributed by atoms with Gasteiger partial charge < -0.3 is 8.98 Å². The molecule has 132 heavy (non-hydrogen) atoms. The second-order valence-electron chi connectivity index (χ2n) is 32.7. The van der Waals surface area contributed by atoms with Crippen molar-refractivity contribution in [3.8, 4) is 85.0 Å². The van der Waals surface area contributed by atoms with E-state index in [2.05, 4.69) is 289 Å².